The van der Waals surface area contributed by atoms with Crippen LogP contribution >= 0.6 is 0 Å². The molecule has 1 aliphatic rings. The van der Waals surface area contributed by atoms with Gasteiger partial charge in [-0.2, -0.15) is 0 Å². The van der Waals surface area contributed by atoms with Crippen molar-refractivity contribution < 1.29 is 19.1 Å². The van der Waals surface area contributed by atoms with E-state index in [2.05, 4.69) is 10.6 Å². The number of nitrogens with zero attached hydrogens (tertiary/aromatic N) is 1. The fourth-order valence-corrected chi connectivity index (χ4v) is 2.44. The number of carbonyl (C=O) groups excluding carboxylic acids is 3. The maximum absolute atomic E-state index is 12.4. The van der Waals surface area contributed by atoms with Crippen molar-refractivity contribution >= 4 is 29.2 Å². The highest BCUT2D eigenvalue weighted by Crippen LogP contribution is 2.23. The molecule has 122 valence electrons. The lowest BCUT2D eigenvalue weighted by Gasteiger charge is -2.14. The molecule has 0 radical (unpaired) electrons. The summed E-state index contributed by atoms with van der Waals surface area (Å²) in [5, 5.41) is 5.19. The van der Waals surface area contributed by atoms with E-state index >= 15 is 0 Å². The zero-order chi connectivity index (χ0) is 17.1. The zero-order valence-electron chi connectivity index (χ0n) is 12.9. The van der Waals surface area contributed by atoms with E-state index in [0.29, 0.717) is 22.7 Å². The van der Waals surface area contributed by atoms with Crippen LogP contribution in [0.25, 0.3) is 0 Å². The van der Waals surface area contributed by atoms with E-state index in [-0.39, 0.29) is 18.4 Å². The monoisotopic (exact) mass is 325 g/mol. The Hall–Kier alpha value is -3.35. The number of urea groups is 1. The molecule has 0 bridgehead atoms. The average molecular weight is 325 g/mol. The first-order chi connectivity index (χ1) is 11.6. The molecule has 7 nitrogen and oxygen atoms in total. The largest absolute Gasteiger partial charge is 0.496 e. The highest BCUT2D eigenvalue weighted by atomic mass is 16.5. The Morgan fingerprint density at radius 1 is 1.17 bits per heavy atom. The molecule has 0 atom stereocenters. The molecule has 0 saturated carbocycles. The van der Waals surface area contributed by atoms with Crippen LogP contribution in [0, 0.1) is 0 Å². The van der Waals surface area contributed by atoms with Gasteiger partial charge in [-0.1, -0.05) is 18.2 Å². The summed E-state index contributed by atoms with van der Waals surface area (Å²) in [4.78, 5) is 36.9. The molecule has 3 rings (SSSR count). The Morgan fingerprint density at radius 2 is 1.96 bits per heavy atom. The number of amides is 4. The second kappa shape index (κ2) is 6.41. The number of ether oxygens (including phenoxy) is 1. The minimum absolute atomic E-state index is 0.0311. The molecular formula is C17H15N3O4. The Bertz CT molecular complexity index is 803. The van der Waals surface area contributed by atoms with Crippen LogP contribution in [0.1, 0.15) is 10.4 Å². The van der Waals surface area contributed by atoms with Crippen molar-refractivity contribution in [1.29, 1.82) is 0 Å². The standard InChI is InChI=1S/C17H15N3O4/c1-24-14-8-3-2-7-13(14)16(22)19-11-5-4-6-12(9-11)20-15(21)10-18-17(20)23/h2-9H,10H2,1H3,(H,18,23)(H,19,22). The van der Waals surface area contributed by atoms with Crippen LogP contribution in [0.4, 0.5) is 16.2 Å². The number of methoxy groups -OCH3 is 1. The first-order valence-corrected chi connectivity index (χ1v) is 7.25. The Labute approximate surface area is 138 Å². The molecule has 1 saturated heterocycles. The maximum Gasteiger partial charge on any atom is 0.329 e. The van der Waals surface area contributed by atoms with Gasteiger partial charge in [-0.15, -0.1) is 0 Å². The average Bonchev–Trinajstić information content (AvgIpc) is 2.93. The van der Waals surface area contributed by atoms with Gasteiger partial charge in [0.25, 0.3) is 11.8 Å². The molecule has 1 aliphatic heterocycles. The number of imide groups is 1. The van der Waals surface area contributed by atoms with Crippen LogP contribution in [0.3, 0.4) is 0 Å². The summed E-state index contributed by atoms with van der Waals surface area (Å²) < 4.78 is 5.17. The third kappa shape index (κ3) is 2.91. The van der Waals surface area contributed by atoms with Gasteiger partial charge in [0.05, 0.1) is 24.9 Å². The summed E-state index contributed by atoms with van der Waals surface area (Å²) in [5.41, 5.74) is 1.25. The number of nitrogens with one attached hydrogen (secondary N) is 2. The minimum atomic E-state index is -0.479. The number of hydrogen-bond donors (Lipinski definition) is 2. The normalized spacial score (nSPS) is 13.6. The fraction of sp³-hybridized carbons (Fsp3) is 0.118. The SMILES string of the molecule is COc1ccccc1C(=O)Nc1cccc(N2C(=O)CNC2=O)c1. The van der Waals surface area contributed by atoms with Gasteiger partial charge in [0, 0.05) is 5.69 Å². The van der Waals surface area contributed by atoms with Gasteiger partial charge >= 0.3 is 6.03 Å². The highest BCUT2D eigenvalue weighted by molar-refractivity contribution is 6.20. The van der Waals surface area contributed by atoms with Crippen molar-refractivity contribution in [3.05, 3.63) is 54.1 Å². The van der Waals surface area contributed by atoms with Crippen molar-refractivity contribution in [2.75, 3.05) is 23.9 Å². The van der Waals surface area contributed by atoms with E-state index in [1.807, 2.05) is 0 Å². The second-order valence-corrected chi connectivity index (χ2v) is 5.09. The lowest BCUT2D eigenvalue weighted by Crippen LogP contribution is -2.30. The van der Waals surface area contributed by atoms with Crippen LogP contribution in [-0.4, -0.2) is 31.5 Å². The van der Waals surface area contributed by atoms with E-state index in [0.717, 1.165) is 4.90 Å². The van der Waals surface area contributed by atoms with E-state index in [4.69, 9.17) is 4.74 Å². The number of carbonyl (C=O) groups is 3. The van der Waals surface area contributed by atoms with Crippen LogP contribution in [0.5, 0.6) is 5.75 Å². The summed E-state index contributed by atoms with van der Waals surface area (Å²) in [7, 11) is 1.49. The molecule has 1 fully saturated rings. The highest BCUT2D eigenvalue weighted by Gasteiger charge is 2.30. The summed E-state index contributed by atoms with van der Waals surface area (Å²) in [6.45, 7) is -0.0311. The smallest absolute Gasteiger partial charge is 0.329 e. The van der Waals surface area contributed by atoms with Crippen LogP contribution in [0.2, 0.25) is 0 Å². The molecule has 2 aromatic carbocycles. The van der Waals surface area contributed by atoms with Crippen molar-refractivity contribution in [3.8, 4) is 5.75 Å². The molecule has 2 N–H and O–H groups in total. The third-order valence-electron chi connectivity index (χ3n) is 3.56. The van der Waals surface area contributed by atoms with Crippen LogP contribution in [-0.2, 0) is 4.79 Å². The maximum atomic E-state index is 12.4. The molecule has 24 heavy (non-hydrogen) atoms. The number of para-hydroxylation sites is 1. The third-order valence-corrected chi connectivity index (χ3v) is 3.56. The first kappa shape index (κ1) is 15.5. The van der Waals surface area contributed by atoms with E-state index in [1.165, 1.54) is 7.11 Å². The summed E-state index contributed by atoms with van der Waals surface area (Å²) in [5.74, 6) is -0.227. The molecule has 1 heterocycles. The van der Waals surface area contributed by atoms with Gasteiger partial charge in [0.2, 0.25) is 0 Å². The molecule has 7 heteroatoms. The second-order valence-electron chi connectivity index (χ2n) is 5.09. The lowest BCUT2D eigenvalue weighted by atomic mass is 10.1. The van der Waals surface area contributed by atoms with E-state index < -0.39 is 6.03 Å². The van der Waals surface area contributed by atoms with E-state index in [9.17, 15) is 14.4 Å². The molecule has 0 aromatic heterocycles. The molecule has 4 amide bonds. The van der Waals surface area contributed by atoms with Gasteiger partial charge in [-0.05, 0) is 30.3 Å². The predicted octanol–water partition coefficient (Wildman–Crippen LogP) is 2.00. The van der Waals surface area contributed by atoms with Crippen LogP contribution < -0.4 is 20.3 Å². The number of hydrogen-bond acceptors (Lipinski definition) is 4. The van der Waals surface area contributed by atoms with Gasteiger partial charge < -0.3 is 15.4 Å². The number of benzene rings is 2. The van der Waals surface area contributed by atoms with Crippen molar-refractivity contribution in [2.24, 2.45) is 0 Å². The van der Waals surface area contributed by atoms with Gasteiger partial charge in [-0.3, -0.25) is 9.59 Å². The molecule has 0 spiro atoms. The molecule has 0 aliphatic carbocycles. The van der Waals surface area contributed by atoms with Crippen molar-refractivity contribution in [3.63, 3.8) is 0 Å². The Balaban J connectivity index is 1.83. The number of anilines is 2. The quantitative estimate of drug-likeness (QED) is 0.842. The first-order valence-electron chi connectivity index (χ1n) is 7.25. The summed E-state index contributed by atoms with van der Waals surface area (Å²) >= 11 is 0. The topological polar surface area (TPSA) is 87.7 Å². The van der Waals surface area contributed by atoms with E-state index in [1.54, 1.807) is 48.5 Å². The molecule has 0 unspecified atom stereocenters. The summed E-state index contributed by atoms with van der Waals surface area (Å²) in [6, 6.07) is 12.9. The lowest BCUT2D eigenvalue weighted by molar-refractivity contribution is -0.115. The van der Waals surface area contributed by atoms with Crippen molar-refractivity contribution in [1.82, 2.24) is 5.32 Å². The fourth-order valence-electron chi connectivity index (χ4n) is 2.44. The van der Waals surface area contributed by atoms with Gasteiger partial charge in [0.1, 0.15) is 5.75 Å². The number of rotatable bonds is 4. The predicted molar refractivity (Wildman–Crippen MR) is 88.3 cm³/mol. The van der Waals surface area contributed by atoms with Crippen molar-refractivity contribution in [2.45, 2.75) is 0 Å². The van der Waals surface area contributed by atoms with Crippen LogP contribution in [0.15, 0.2) is 48.5 Å². The molecular weight excluding hydrogens is 310 g/mol. The Kier molecular flexibility index (Phi) is 4.15. The zero-order valence-corrected chi connectivity index (χ0v) is 12.9. The van der Waals surface area contributed by atoms with Gasteiger partial charge in [-0.25, -0.2) is 9.69 Å². The minimum Gasteiger partial charge on any atom is -0.496 e. The van der Waals surface area contributed by atoms with Gasteiger partial charge in [0.15, 0.2) is 0 Å². The molecule has 2 aromatic rings. The summed E-state index contributed by atoms with van der Waals surface area (Å²) in [6.07, 6.45) is 0. The Morgan fingerprint density at radius 3 is 2.67 bits per heavy atom.